The van der Waals surface area contributed by atoms with Gasteiger partial charge >= 0.3 is 0 Å². The van der Waals surface area contributed by atoms with Gasteiger partial charge in [-0.2, -0.15) is 0 Å². The van der Waals surface area contributed by atoms with E-state index in [1.165, 1.54) is 14.0 Å². The van der Waals surface area contributed by atoms with E-state index in [1.54, 1.807) is 0 Å². The van der Waals surface area contributed by atoms with Crippen LogP contribution >= 0.6 is 0 Å². The monoisotopic (exact) mass is 304 g/mol. The Balaban J connectivity index is 3.01. The van der Waals surface area contributed by atoms with Gasteiger partial charge in [0.15, 0.2) is 0 Å². The van der Waals surface area contributed by atoms with Crippen LogP contribution in [-0.4, -0.2) is 34.6 Å². The van der Waals surface area contributed by atoms with Gasteiger partial charge < -0.3 is 10.1 Å². The van der Waals surface area contributed by atoms with Gasteiger partial charge in [0.05, 0.1) is 4.90 Å². The van der Waals surface area contributed by atoms with Gasteiger partial charge in [0, 0.05) is 25.8 Å². The highest BCUT2D eigenvalue weighted by atomic mass is 32.2. The van der Waals surface area contributed by atoms with Crippen molar-refractivity contribution >= 4 is 15.9 Å². The first-order chi connectivity index (χ1) is 9.27. The number of nitrogens with one attached hydrogen (secondary N) is 1. The Kier molecular flexibility index (Phi) is 5.61. The zero-order valence-electron chi connectivity index (χ0n) is 11.3. The predicted molar refractivity (Wildman–Crippen MR) is 71.3 cm³/mol. The Morgan fingerprint density at radius 3 is 2.65 bits per heavy atom. The van der Waals surface area contributed by atoms with Crippen molar-refractivity contribution in [3.63, 3.8) is 0 Å². The summed E-state index contributed by atoms with van der Waals surface area (Å²) in [5, 5.41) is 7.55. The minimum atomic E-state index is -4.08. The Morgan fingerprint density at radius 2 is 2.10 bits per heavy atom. The second-order valence-corrected chi connectivity index (χ2v) is 5.75. The van der Waals surface area contributed by atoms with E-state index in [9.17, 15) is 17.6 Å². The molecule has 0 aliphatic heterocycles. The average molecular weight is 304 g/mol. The molecule has 0 saturated carbocycles. The number of halogens is 1. The third-order valence-corrected chi connectivity index (χ3v) is 3.72. The lowest BCUT2D eigenvalue weighted by atomic mass is 10.1. The molecule has 0 aliphatic rings. The summed E-state index contributed by atoms with van der Waals surface area (Å²) in [6, 6.07) is 1.78. The first-order valence-corrected chi connectivity index (χ1v) is 7.42. The van der Waals surface area contributed by atoms with Crippen LogP contribution < -0.4 is 10.5 Å². The van der Waals surface area contributed by atoms with E-state index in [4.69, 9.17) is 9.88 Å². The number of hydrogen-bond acceptors (Lipinski definition) is 4. The molecule has 20 heavy (non-hydrogen) atoms. The molecule has 1 rings (SSSR count). The van der Waals surface area contributed by atoms with Crippen molar-refractivity contribution in [2.24, 2.45) is 5.14 Å². The van der Waals surface area contributed by atoms with Crippen molar-refractivity contribution in [2.75, 3.05) is 20.3 Å². The fourth-order valence-corrected chi connectivity index (χ4v) is 2.51. The molecule has 0 heterocycles. The molecule has 0 fully saturated rings. The van der Waals surface area contributed by atoms with Gasteiger partial charge in [-0.05, 0) is 31.0 Å². The van der Waals surface area contributed by atoms with E-state index in [0.29, 0.717) is 19.6 Å². The summed E-state index contributed by atoms with van der Waals surface area (Å²) < 4.78 is 40.9. The lowest BCUT2D eigenvalue weighted by Gasteiger charge is -2.11. The predicted octanol–water partition coefficient (Wildman–Crippen LogP) is 0.548. The number of carbonyl (C=O) groups is 1. The van der Waals surface area contributed by atoms with Gasteiger partial charge in [-0.1, -0.05) is 0 Å². The molecule has 1 aromatic carbocycles. The number of carbonyl (C=O) groups excluding carboxylic acids is 1. The summed E-state index contributed by atoms with van der Waals surface area (Å²) in [6.07, 6.45) is 0.596. The van der Waals surface area contributed by atoms with Gasteiger partial charge in [0.1, 0.15) is 5.82 Å². The van der Waals surface area contributed by atoms with Crippen LogP contribution in [0.15, 0.2) is 17.0 Å². The minimum Gasteiger partial charge on any atom is -0.385 e. The molecule has 0 unspecified atom stereocenters. The number of primary sulfonamides is 1. The van der Waals surface area contributed by atoms with E-state index in [0.717, 1.165) is 12.1 Å². The third-order valence-electron chi connectivity index (χ3n) is 2.69. The zero-order valence-corrected chi connectivity index (χ0v) is 12.1. The molecule has 0 atom stereocenters. The van der Waals surface area contributed by atoms with Crippen LogP contribution in [0.25, 0.3) is 0 Å². The molecule has 0 saturated heterocycles. The summed E-state index contributed by atoms with van der Waals surface area (Å²) in [5.41, 5.74) is 0.0737. The topological polar surface area (TPSA) is 98.5 Å². The number of methoxy groups -OCH3 is 1. The van der Waals surface area contributed by atoms with Crippen LogP contribution in [-0.2, 0) is 14.8 Å². The summed E-state index contributed by atoms with van der Waals surface area (Å²) >= 11 is 0. The standard InChI is InChI=1S/C12H17FN2O4S/c1-8-10(12(16)15-4-3-5-19-2)6-9(13)7-11(8)20(14,17)18/h6-7H,3-5H2,1-2H3,(H,15,16)(H2,14,17,18). The number of ether oxygens (including phenoxy) is 1. The van der Waals surface area contributed by atoms with Gasteiger partial charge in [-0.3, -0.25) is 4.79 Å². The van der Waals surface area contributed by atoms with Gasteiger partial charge in [0.2, 0.25) is 10.0 Å². The molecule has 0 aromatic heterocycles. The average Bonchev–Trinajstić information content (AvgIpc) is 2.35. The second-order valence-electron chi connectivity index (χ2n) is 4.22. The summed E-state index contributed by atoms with van der Waals surface area (Å²) in [5.74, 6) is -1.38. The third kappa shape index (κ3) is 4.26. The van der Waals surface area contributed by atoms with Crippen molar-refractivity contribution < 1.29 is 22.3 Å². The van der Waals surface area contributed by atoms with E-state index in [2.05, 4.69) is 5.32 Å². The number of sulfonamides is 1. The Bertz CT molecular complexity index is 602. The van der Waals surface area contributed by atoms with Crippen molar-refractivity contribution in [1.82, 2.24) is 5.32 Å². The quantitative estimate of drug-likeness (QED) is 0.750. The van der Waals surface area contributed by atoms with Crippen LogP contribution in [0.1, 0.15) is 22.3 Å². The van der Waals surface area contributed by atoms with Crippen LogP contribution in [0.2, 0.25) is 0 Å². The molecule has 0 bridgehead atoms. The molecular formula is C12H17FN2O4S. The molecule has 6 nitrogen and oxygen atoms in total. The van der Waals surface area contributed by atoms with Crippen molar-refractivity contribution in [1.29, 1.82) is 0 Å². The molecule has 8 heteroatoms. The smallest absolute Gasteiger partial charge is 0.251 e. The van der Waals surface area contributed by atoms with Gasteiger partial charge in [-0.15, -0.1) is 0 Å². The van der Waals surface area contributed by atoms with Crippen molar-refractivity contribution in [3.8, 4) is 0 Å². The fraction of sp³-hybridized carbons (Fsp3) is 0.417. The molecule has 1 aromatic rings. The van der Waals surface area contributed by atoms with Crippen LogP contribution in [0, 0.1) is 12.7 Å². The van der Waals surface area contributed by atoms with E-state index < -0.39 is 21.7 Å². The maximum absolute atomic E-state index is 13.4. The number of hydrogen-bond donors (Lipinski definition) is 2. The number of amides is 1. The normalized spacial score (nSPS) is 11.4. The number of nitrogens with two attached hydrogens (primary N) is 1. The van der Waals surface area contributed by atoms with E-state index >= 15 is 0 Å². The van der Waals surface area contributed by atoms with Crippen LogP contribution in [0.3, 0.4) is 0 Å². The highest BCUT2D eigenvalue weighted by Crippen LogP contribution is 2.20. The first-order valence-electron chi connectivity index (χ1n) is 5.87. The lowest BCUT2D eigenvalue weighted by Crippen LogP contribution is -2.27. The molecule has 1 amide bonds. The lowest BCUT2D eigenvalue weighted by molar-refractivity contribution is 0.0947. The molecule has 0 spiro atoms. The highest BCUT2D eigenvalue weighted by molar-refractivity contribution is 7.89. The van der Waals surface area contributed by atoms with Crippen LogP contribution in [0.5, 0.6) is 0 Å². The Morgan fingerprint density at radius 1 is 1.45 bits per heavy atom. The van der Waals surface area contributed by atoms with E-state index in [1.807, 2.05) is 0 Å². The fourth-order valence-electron chi connectivity index (χ4n) is 1.70. The maximum atomic E-state index is 13.4. The summed E-state index contributed by atoms with van der Waals surface area (Å²) in [7, 11) is -2.54. The zero-order chi connectivity index (χ0) is 15.3. The Hall–Kier alpha value is -1.51. The van der Waals surface area contributed by atoms with Gasteiger partial charge in [-0.25, -0.2) is 17.9 Å². The van der Waals surface area contributed by atoms with Crippen LogP contribution in [0.4, 0.5) is 4.39 Å². The SMILES string of the molecule is COCCCNC(=O)c1cc(F)cc(S(N)(=O)=O)c1C. The summed E-state index contributed by atoms with van der Waals surface area (Å²) in [4.78, 5) is 11.5. The second kappa shape index (κ2) is 6.78. The molecule has 3 N–H and O–H groups in total. The maximum Gasteiger partial charge on any atom is 0.251 e. The molecule has 0 aliphatic carbocycles. The summed E-state index contributed by atoms with van der Waals surface area (Å²) in [6.45, 7) is 2.22. The minimum absolute atomic E-state index is 0.0496. The van der Waals surface area contributed by atoms with Crippen molar-refractivity contribution in [2.45, 2.75) is 18.2 Å². The van der Waals surface area contributed by atoms with E-state index in [-0.39, 0.29) is 16.0 Å². The number of benzene rings is 1. The van der Waals surface area contributed by atoms with Crippen molar-refractivity contribution in [3.05, 3.63) is 29.1 Å². The largest absolute Gasteiger partial charge is 0.385 e. The number of rotatable bonds is 6. The highest BCUT2D eigenvalue weighted by Gasteiger charge is 2.19. The van der Waals surface area contributed by atoms with Gasteiger partial charge in [0.25, 0.3) is 5.91 Å². The molecular weight excluding hydrogens is 287 g/mol. The first kappa shape index (κ1) is 16.5. The molecule has 0 radical (unpaired) electrons. The molecule has 112 valence electrons. The Labute approximate surface area is 117 Å².